The van der Waals surface area contributed by atoms with E-state index in [1.165, 1.54) is 12.1 Å². The zero-order chi connectivity index (χ0) is 25.8. The first-order valence-corrected chi connectivity index (χ1v) is 15.2. The number of hydrogen-bond acceptors (Lipinski definition) is 9. The third kappa shape index (κ3) is 5.39. The molecule has 0 N–H and O–H groups in total. The molecule has 11 heteroatoms. The normalized spacial score (nSPS) is 17.2. The van der Waals surface area contributed by atoms with Gasteiger partial charge in [-0.2, -0.15) is 35.3 Å². The first-order valence-electron chi connectivity index (χ1n) is 11.8. The molecular formula is C26H24N2O6S3. The average molecular weight is 557 g/mol. The quantitative estimate of drug-likeness (QED) is 0.229. The number of carbonyl (C=O) groups excluding carboxylic acids is 2. The Hall–Kier alpha value is -2.89. The molecule has 0 saturated carbocycles. The van der Waals surface area contributed by atoms with E-state index in [9.17, 15) is 19.7 Å². The maximum Gasteiger partial charge on any atom is 0.277 e. The molecule has 37 heavy (non-hydrogen) atoms. The van der Waals surface area contributed by atoms with Gasteiger partial charge in [-0.25, -0.2) is 4.90 Å². The van der Waals surface area contributed by atoms with Crippen LogP contribution in [0.2, 0.25) is 0 Å². The Morgan fingerprint density at radius 1 is 0.757 bits per heavy atom. The number of nitro groups is 1. The standard InChI is InChI=1S/C26H24N2O6S3/c29-25-19-3-1-2-18-21(28(31)32)6-5-20(24(18)19)26(30)27(25)17-4-7-22-23(16-17)34-9-11-36-13-15-37-14-12-35-10-8-33-22/h1-7,16H,8-15H2. The maximum absolute atomic E-state index is 13.5. The van der Waals surface area contributed by atoms with E-state index in [0.29, 0.717) is 35.8 Å². The van der Waals surface area contributed by atoms with Gasteiger partial charge in [0, 0.05) is 63.2 Å². The molecule has 3 aromatic rings. The Balaban J connectivity index is 1.47. The van der Waals surface area contributed by atoms with Crippen LogP contribution in [0.3, 0.4) is 0 Å². The number of nitrogens with zero attached hydrogens (tertiary/aromatic N) is 2. The van der Waals surface area contributed by atoms with E-state index < -0.39 is 16.7 Å². The van der Waals surface area contributed by atoms with Gasteiger partial charge in [0.25, 0.3) is 17.5 Å². The fourth-order valence-electron chi connectivity index (χ4n) is 4.31. The van der Waals surface area contributed by atoms with E-state index in [1.807, 2.05) is 35.3 Å². The van der Waals surface area contributed by atoms with Crippen LogP contribution in [-0.2, 0) is 0 Å². The fraction of sp³-hybridized carbons (Fsp3) is 0.308. The highest BCUT2D eigenvalue weighted by molar-refractivity contribution is 8.04. The van der Waals surface area contributed by atoms with Crippen LogP contribution in [0.15, 0.2) is 48.5 Å². The second kappa shape index (κ2) is 11.7. The zero-order valence-electron chi connectivity index (χ0n) is 19.8. The summed E-state index contributed by atoms with van der Waals surface area (Å²) >= 11 is 5.63. The molecule has 2 aliphatic rings. The Morgan fingerprint density at radius 2 is 1.38 bits per heavy atom. The number of rotatable bonds is 2. The molecule has 2 amide bonds. The summed E-state index contributed by atoms with van der Waals surface area (Å²) in [7, 11) is 0. The van der Waals surface area contributed by atoms with Crippen molar-refractivity contribution in [3.8, 4) is 11.5 Å². The van der Waals surface area contributed by atoms with Crippen molar-refractivity contribution in [2.75, 3.05) is 52.6 Å². The van der Waals surface area contributed by atoms with Gasteiger partial charge < -0.3 is 9.47 Å². The lowest BCUT2D eigenvalue weighted by molar-refractivity contribution is -0.383. The molecule has 0 aliphatic carbocycles. The van der Waals surface area contributed by atoms with Gasteiger partial charge in [0.15, 0.2) is 11.5 Å². The van der Waals surface area contributed by atoms with Crippen LogP contribution in [0.25, 0.3) is 10.8 Å². The predicted molar refractivity (Wildman–Crippen MR) is 151 cm³/mol. The molecule has 0 bridgehead atoms. The zero-order valence-corrected chi connectivity index (χ0v) is 22.3. The van der Waals surface area contributed by atoms with Crippen LogP contribution in [0.5, 0.6) is 11.5 Å². The minimum atomic E-state index is -0.536. The molecule has 0 radical (unpaired) electrons. The van der Waals surface area contributed by atoms with Gasteiger partial charge in [-0.15, -0.1) is 0 Å². The number of non-ortho nitro benzene ring substituents is 1. The molecule has 5 rings (SSSR count). The van der Waals surface area contributed by atoms with Crippen LogP contribution >= 0.6 is 35.3 Å². The molecule has 0 atom stereocenters. The molecule has 0 spiro atoms. The Bertz CT molecular complexity index is 1340. The van der Waals surface area contributed by atoms with Crippen molar-refractivity contribution in [1.82, 2.24) is 0 Å². The number of anilines is 1. The lowest BCUT2D eigenvalue weighted by Gasteiger charge is -2.27. The van der Waals surface area contributed by atoms with Crippen molar-refractivity contribution in [3.05, 3.63) is 69.8 Å². The summed E-state index contributed by atoms with van der Waals surface area (Å²) in [5.74, 6) is 6.01. The molecular weight excluding hydrogens is 532 g/mol. The van der Waals surface area contributed by atoms with E-state index in [4.69, 9.17) is 9.47 Å². The fourth-order valence-corrected chi connectivity index (χ4v) is 7.21. The third-order valence-electron chi connectivity index (χ3n) is 5.98. The van der Waals surface area contributed by atoms with Gasteiger partial charge in [0.2, 0.25) is 0 Å². The first kappa shape index (κ1) is 25.7. The summed E-state index contributed by atoms with van der Waals surface area (Å²) in [6, 6.07) is 12.5. The minimum absolute atomic E-state index is 0.142. The molecule has 192 valence electrons. The number of ether oxygens (including phenoxy) is 2. The summed E-state index contributed by atoms with van der Waals surface area (Å²) in [5.41, 5.74) is 0.706. The van der Waals surface area contributed by atoms with E-state index in [1.54, 1.807) is 36.4 Å². The van der Waals surface area contributed by atoms with Gasteiger partial charge in [-0.1, -0.05) is 6.07 Å². The van der Waals surface area contributed by atoms with E-state index in [-0.39, 0.29) is 22.2 Å². The SMILES string of the molecule is O=C1c2cccc3c([N+](=O)[O-])ccc(c23)C(=O)N1c1ccc2c(c1)OCCSCCSCCSCCO2. The van der Waals surface area contributed by atoms with E-state index >= 15 is 0 Å². The van der Waals surface area contributed by atoms with Gasteiger partial charge in [-0.3, -0.25) is 19.7 Å². The van der Waals surface area contributed by atoms with Crippen LogP contribution in [0, 0.1) is 10.1 Å². The number of imide groups is 1. The second-order valence-corrected chi connectivity index (χ2v) is 11.9. The second-order valence-electron chi connectivity index (χ2n) is 8.23. The number of benzene rings is 3. The molecule has 0 fully saturated rings. The highest BCUT2D eigenvalue weighted by atomic mass is 32.2. The summed E-state index contributed by atoms with van der Waals surface area (Å²) in [6.07, 6.45) is 0. The number of amides is 2. The lowest BCUT2D eigenvalue weighted by Crippen LogP contribution is -2.40. The number of thioether (sulfide) groups is 3. The molecule has 3 aromatic carbocycles. The highest BCUT2D eigenvalue weighted by Crippen LogP contribution is 2.39. The largest absolute Gasteiger partial charge is 0.489 e. The molecule has 0 unspecified atom stereocenters. The number of hydrogen-bond donors (Lipinski definition) is 0. The van der Waals surface area contributed by atoms with Gasteiger partial charge in [0.1, 0.15) is 0 Å². The lowest BCUT2D eigenvalue weighted by atomic mass is 9.92. The Labute approximate surface area is 226 Å². The summed E-state index contributed by atoms with van der Waals surface area (Å²) in [4.78, 5) is 39.2. The van der Waals surface area contributed by atoms with Crippen molar-refractivity contribution in [2.24, 2.45) is 0 Å². The molecule has 0 saturated heterocycles. The van der Waals surface area contributed by atoms with Crippen molar-refractivity contribution in [2.45, 2.75) is 0 Å². The monoisotopic (exact) mass is 556 g/mol. The van der Waals surface area contributed by atoms with Crippen LogP contribution < -0.4 is 14.4 Å². The average Bonchev–Trinajstić information content (AvgIpc) is 2.91. The van der Waals surface area contributed by atoms with Crippen LogP contribution in [-0.4, -0.2) is 64.5 Å². The molecule has 8 nitrogen and oxygen atoms in total. The minimum Gasteiger partial charge on any atom is -0.489 e. The van der Waals surface area contributed by atoms with Crippen LogP contribution in [0.4, 0.5) is 11.4 Å². The molecule has 0 aromatic heterocycles. The number of fused-ring (bicyclic) bond motifs is 1. The highest BCUT2D eigenvalue weighted by Gasteiger charge is 2.36. The van der Waals surface area contributed by atoms with Gasteiger partial charge in [0.05, 0.1) is 29.2 Å². The van der Waals surface area contributed by atoms with Crippen molar-refractivity contribution < 1.29 is 24.0 Å². The third-order valence-corrected chi connectivity index (χ3v) is 9.38. The summed E-state index contributed by atoms with van der Waals surface area (Å²) in [5, 5.41) is 12.1. The van der Waals surface area contributed by atoms with Crippen molar-refractivity contribution in [1.29, 1.82) is 0 Å². The smallest absolute Gasteiger partial charge is 0.277 e. The Kier molecular flexibility index (Phi) is 8.11. The van der Waals surface area contributed by atoms with Crippen molar-refractivity contribution in [3.63, 3.8) is 0 Å². The van der Waals surface area contributed by atoms with Gasteiger partial charge in [-0.05, 0) is 30.3 Å². The van der Waals surface area contributed by atoms with Crippen molar-refractivity contribution >= 4 is 69.2 Å². The summed E-state index contributed by atoms with van der Waals surface area (Å²) in [6.45, 7) is 0.993. The van der Waals surface area contributed by atoms with Gasteiger partial charge >= 0.3 is 0 Å². The van der Waals surface area contributed by atoms with E-state index in [0.717, 1.165) is 39.4 Å². The topological polar surface area (TPSA) is 99.0 Å². The Morgan fingerprint density at radius 3 is 2.05 bits per heavy atom. The maximum atomic E-state index is 13.5. The molecule has 2 heterocycles. The summed E-state index contributed by atoms with van der Waals surface area (Å²) < 4.78 is 12.0. The van der Waals surface area contributed by atoms with Crippen LogP contribution in [0.1, 0.15) is 20.7 Å². The molecule has 2 aliphatic heterocycles. The first-order chi connectivity index (χ1) is 18.1. The van der Waals surface area contributed by atoms with E-state index in [2.05, 4.69) is 0 Å². The predicted octanol–water partition coefficient (Wildman–Crippen LogP) is 5.52. The number of carbonyl (C=O) groups is 2. The number of nitro benzene ring substituents is 1.